The maximum Gasteiger partial charge on any atom is 0.425 e. The van der Waals surface area contributed by atoms with Crippen molar-refractivity contribution in [3.63, 3.8) is 0 Å². The summed E-state index contributed by atoms with van der Waals surface area (Å²) < 4.78 is 53.4. The van der Waals surface area contributed by atoms with Crippen LogP contribution in [-0.2, 0) is 0 Å². The van der Waals surface area contributed by atoms with E-state index in [1.165, 1.54) is 26.4 Å². The molecule has 0 spiro atoms. The zero-order valence-electron chi connectivity index (χ0n) is 10.7. The van der Waals surface area contributed by atoms with E-state index in [4.69, 9.17) is 19.9 Å². The van der Waals surface area contributed by atoms with Gasteiger partial charge >= 0.3 is 6.18 Å². The molecule has 0 aromatic heterocycles. The van der Waals surface area contributed by atoms with Crippen molar-refractivity contribution >= 4 is 0 Å². The number of methoxy groups -OCH3 is 2. The van der Waals surface area contributed by atoms with Gasteiger partial charge in [-0.15, -0.1) is 0 Å². The zero-order valence-corrected chi connectivity index (χ0v) is 10.7. The Kier molecular flexibility index (Phi) is 5.29. The molecule has 0 heterocycles. The smallest absolute Gasteiger partial charge is 0.425 e. The van der Waals surface area contributed by atoms with E-state index in [-0.39, 0.29) is 30.2 Å². The number of hydrogen-bond acceptors (Lipinski definition) is 4. The second kappa shape index (κ2) is 6.51. The minimum atomic E-state index is -4.51. The van der Waals surface area contributed by atoms with Crippen LogP contribution < -0.4 is 19.9 Å². The molecule has 0 radical (unpaired) electrons. The third-order valence-corrected chi connectivity index (χ3v) is 2.44. The molecule has 1 rings (SSSR count). The zero-order chi connectivity index (χ0) is 14.5. The van der Waals surface area contributed by atoms with E-state index in [0.29, 0.717) is 0 Å². The van der Waals surface area contributed by atoms with Crippen molar-refractivity contribution < 1.29 is 27.4 Å². The first-order chi connectivity index (χ1) is 8.93. The molecule has 0 amide bonds. The molecule has 4 nitrogen and oxygen atoms in total. The molecule has 1 unspecified atom stereocenters. The average molecular weight is 279 g/mol. The highest BCUT2D eigenvalue weighted by Crippen LogP contribution is 2.39. The maximum atomic E-state index is 12.8. The number of hydrogen-bond donors (Lipinski definition) is 1. The monoisotopic (exact) mass is 279 g/mol. The second-order valence-corrected chi connectivity index (χ2v) is 3.72. The molecule has 0 aliphatic carbocycles. The summed E-state index contributed by atoms with van der Waals surface area (Å²) in [5, 5.41) is 0. The van der Waals surface area contributed by atoms with Gasteiger partial charge in [-0.1, -0.05) is 6.07 Å². The van der Waals surface area contributed by atoms with E-state index in [2.05, 4.69) is 0 Å². The molecule has 0 saturated carbocycles. The lowest BCUT2D eigenvalue weighted by Crippen LogP contribution is -2.36. The largest absolute Gasteiger partial charge is 0.493 e. The van der Waals surface area contributed by atoms with E-state index in [1.54, 1.807) is 6.07 Å². The molecule has 2 N–H and O–H groups in total. The Balaban J connectivity index is 3.07. The standard InChI is InChI=1S/C12H16F3NO3/c1-17-8-4-3-5-9(18-2)11(8)19-10(6-7-16)12(13,14)15/h3-5,10H,6-7,16H2,1-2H3. The van der Waals surface area contributed by atoms with Crippen LogP contribution in [0.3, 0.4) is 0 Å². The quantitative estimate of drug-likeness (QED) is 0.868. The summed E-state index contributed by atoms with van der Waals surface area (Å²) >= 11 is 0. The van der Waals surface area contributed by atoms with Gasteiger partial charge in [-0.25, -0.2) is 0 Å². The van der Waals surface area contributed by atoms with Crippen LogP contribution in [0.15, 0.2) is 18.2 Å². The molecule has 1 aromatic carbocycles. The molecule has 108 valence electrons. The molecule has 19 heavy (non-hydrogen) atoms. The number of halogens is 3. The lowest BCUT2D eigenvalue weighted by molar-refractivity contribution is -0.196. The van der Waals surface area contributed by atoms with Crippen molar-refractivity contribution in [2.75, 3.05) is 20.8 Å². The summed E-state index contributed by atoms with van der Waals surface area (Å²) in [6.07, 6.45) is -6.85. The van der Waals surface area contributed by atoms with Crippen molar-refractivity contribution in [1.82, 2.24) is 0 Å². The van der Waals surface area contributed by atoms with Crippen LogP contribution >= 0.6 is 0 Å². The van der Waals surface area contributed by atoms with E-state index in [0.717, 1.165) is 0 Å². The van der Waals surface area contributed by atoms with Gasteiger partial charge in [0.05, 0.1) is 14.2 Å². The first kappa shape index (κ1) is 15.4. The highest BCUT2D eigenvalue weighted by atomic mass is 19.4. The molecule has 0 fully saturated rings. The van der Waals surface area contributed by atoms with Crippen LogP contribution in [0.2, 0.25) is 0 Å². The summed E-state index contributed by atoms with van der Waals surface area (Å²) in [6.45, 7) is -0.137. The normalized spacial score (nSPS) is 12.9. The van der Waals surface area contributed by atoms with Crippen LogP contribution in [0.25, 0.3) is 0 Å². The highest BCUT2D eigenvalue weighted by Gasteiger charge is 2.42. The van der Waals surface area contributed by atoms with Crippen molar-refractivity contribution in [1.29, 1.82) is 0 Å². The van der Waals surface area contributed by atoms with Gasteiger partial charge < -0.3 is 19.9 Å². The summed E-state index contributed by atoms with van der Waals surface area (Å²) in [5.41, 5.74) is 5.18. The summed E-state index contributed by atoms with van der Waals surface area (Å²) in [5.74, 6) is 0.263. The Morgan fingerprint density at radius 1 is 1.16 bits per heavy atom. The van der Waals surface area contributed by atoms with Crippen molar-refractivity contribution in [2.24, 2.45) is 5.73 Å². The van der Waals surface area contributed by atoms with Gasteiger partial charge in [-0.3, -0.25) is 0 Å². The number of nitrogens with two attached hydrogens (primary N) is 1. The van der Waals surface area contributed by atoms with Crippen LogP contribution in [0.1, 0.15) is 6.42 Å². The minimum Gasteiger partial charge on any atom is -0.493 e. The van der Waals surface area contributed by atoms with E-state index in [1.807, 2.05) is 0 Å². The predicted molar refractivity (Wildman–Crippen MR) is 63.7 cm³/mol. The number of rotatable bonds is 6. The molecule has 0 aliphatic heterocycles. The lowest BCUT2D eigenvalue weighted by Gasteiger charge is -2.23. The van der Waals surface area contributed by atoms with Gasteiger partial charge in [0.25, 0.3) is 0 Å². The number of alkyl halides is 3. The van der Waals surface area contributed by atoms with Crippen molar-refractivity contribution in [3.8, 4) is 17.2 Å². The van der Waals surface area contributed by atoms with Crippen LogP contribution in [0.4, 0.5) is 13.2 Å². The Labute approximate surface area is 109 Å². The number of benzene rings is 1. The molecule has 0 aliphatic rings. The van der Waals surface area contributed by atoms with Crippen LogP contribution in [0, 0.1) is 0 Å². The molecule has 1 atom stereocenters. The van der Waals surface area contributed by atoms with Crippen molar-refractivity contribution in [2.45, 2.75) is 18.7 Å². The summed E-state index contributed by atoms with van der Waals surface area (Å²) in [4.78, 5) is 0. The van der Waals surface area contributed by atoms with Gasteiger partial charge in [-0.05, 0) is 18.7 Å². The topological polar surface area (TPSA) is 53.7 Å². The predicted octanol–water partition coefficient (Wildman–Crippen LogP) is 2.36. The van der Waals surface area contributed by atoms with Crippen LogP contribution in [-0.4, -0.2) is 33.0 Å². The lowest BCUT2D eigenvalue weighted by atomic mass is 10.2. The first-order valence-electron chi connectivity index (χ1n) is 5.58. The number of para-hydroxylation sites is 1. The maximum absolute atomic E-state index is 12.8. The van der Waals surface area contributed by atoms with Gasteiger partial charge in [-0.2, -0.15) is 13.2 Å². The van der Waals surface area contributed by atoms with E-state index < -0.39 is 12.3 Å². The average Bonchev–Trinajstić information content (AvgIpc) is 2.37. The summed E-state index contributed by atoms with van der Waals surface area (Å²) in [6, 6.07) is 4.58. The molecule has 7 heteroatoms. The Hall–Kier alpha value is -1.63. The summed E-state index contributed by atoms with van der Waals surface area (Å²) in [7, 11) is 2.68. The number of ether oxygens (including phenoxy) is 3. The van der Waals surface area contributed by atoms with Gasteiger partial charge in [0.15, 0.2) is 17.6 Å². The SMILES string of the molecule is COc1cccc(OC)c1OC(CCN)C(F)(F)F. The van der Waals surface area contributed by atoms with Gasteiger partial charge in [0.1, 0.15) is 0 Å². The Morgan fingerprint density at radius 3 is 2.05 bits per heavy atom. The van der Waals surface area contributed by atoms with E-state index >= 15 is 0 Å². The van der Waals surface area contributed by atoms with E-state index in [9.17, 15) is 13.2 Å². The van der Waals surface area contributed by atoms with Crippen molar-refractivity contribution in [3.05, 3.63) is 18.2 Å². The molecular formula is C12H16F3NO3. The fourth-order valence-electron chi connectivity index (χ4n) is 1.52. The fraction of sp³-hybridized carbons (Fsp3) is 0.500. The fourth-order valence-corrected chi connectivity index (χ4v) is 1.52. The first-order valence-corrected chi connectivity index (χ1v) is 5.58. The molecular weight excluding hydrogens is 263 g/mol. The molecule has 0 bridgehead atoms. The highest BCUT2D eigenvalue weighted by molar-refractivity contribution is 5.51. The third kappa shape index (κ3) is 3.92. The van der Waals surface area contributed by atoms with Gasteiger partial charge in [0.2, 0.25) is 5.75 Å². The van der Waals surface area contributed by atoms with Crippen LogP contribution in [0.5, 0.6) is 17.2 Å². The van der Waals surface area contributed by atoms with Gasteiger partial charge in [0, 0.05) is 6.42 Å². The third-order valence-electron chi connectivity index (χ3n) is 2.44. The molecule has 1 aromatic rings. The Bertz CT molecular complexity index is 387. The second-order valence-electron chi connectivity index (χ2n) is 3.72. The minimum absolute atomic E-state index is 0.0803. The molecule has 0 saturated heterocycles. The Morgan fingerprint density at radius 2 is 1.68 bits per heavy atom.